The fourth-order valence-corrected chi connectivity index (χ4v) is 5.46. The Morgan fingerprint density at radius 1 is 0.455 bits per heavy atom. The molecule has 0 unspecified atom stereocenters. The van der Waals surface area contributed by atoms with Crippen molar-refractivity contribution in [3.8, 4) is 22.3 Å². The van der Waals surface area contributed by atoms with Crippen molar-refractivity contribution in [3.05, 3.63) is 116 Å². The zero-order valence-electron chi connectivity index (χ0n) is 19.0. The van der Waals surface area contributed by atoms with Crippen molar-refractivity contribution in [2.75, 3.05) is 0 Å². The maximum atomic E-state index is 12.3. The molecule has 2 aliphatic rings. The minimum Gasteiger partial charge on any atom is -0.289 e. The highest BCUT2D eigenvalue weighted by molar-refractivity contribution is 9.10. The second-order valence-electron chi connectivity index (χ2n) is 8.97. The van der Waals surface area contributed by atoms with Crippen molar-refractivity contribution in [2.45, 2.75) is 27.7 Å². The van der Waals surface area contributed by atoms with Gasteiger partial charge < -0.3 is 0 Å². The largest absolute Gasteiger partial charge is 0.289 e. The summed E-state index contributed by atoms with van der Waals surface area (Å²) in [5.41, 5.74) is 12.3. The van der Waals surface area contributed by atoms with Crippen molar-refractivity contribution in [1.82, 2.24) is 0 Å². The molecule has 33 heavy (non-hydrogen) atoms. The summed E-state index contributed by atoms with van der Waals surface area (Å²) in [7, 11) is 0. The minimum absolute atomic E-state index is 0.127. The smallest absolute Gasteiger partial charge is 0.195 e. The summed E-state index contributed by atoms with van der Waals surface area (Å²) < 4.78 is 0.895. The number of hydrogen-bond acceptors (Lipinski definition) is 2. The van der Waals surface area contributed by atoms with E-state index < -0.39 is 0 Å². The Morgan fingerprint density at radius 3 is 1.33 bits per heavy atom. The molecule has 3 heteroatoms. The third kappa shape index (κ3) is 3.57. The molecule has 0 N–H and O–H groups in total. The Hall–Kier alpha value is -3.30. The predicted octanol–water partition coefficient (Wildman–Crippen LogP) is 7.79. The molecule has 0 saturated heterocycles. The number of halogens is 1. The third-order valence-electron chi connectivity index (χ3n) is 6.30. The Morgan fingerprint density at radius 2 is 0.848 bits per heavy atom. The molecular formula is C30H23BrO2. The van der Waals surface area contributed by atoms with Gasteiger partial charge in [0.05, 0.1) is 0 Å². The number of rotatable bonds is 0. The molecule has 6 rings (SSSR count). The molecule has 0 aliphatic heterocycles. The lowest BCUT2D eigenvalue weighted by Crippen LogP contribution is -1.96. The third-order valence-corrected chi connectivity index (χ3v) is 6.93. The number of carbonyl (C=O) groups is 2. The molecule has 0 heterocycles. The highest BCUT2D eigenvalue weighted by Crippen LogP contribution is 2.41. The van der Waals surface area contributed by atoms with E-state index in [1.807, 2.05) is 56.3 Å². The molecular weight excluding hydrogens is 472 g/mol. The van der Waals surface area contributed by atoms with Gasteiger partial charge in [0.25, 0.3) is 0 Å². The van der Waals surface area contributed by atoms with Crippen LogP contribution in [0.2, 0.25) is 0 Å². The number of benzene rings is 4. The lowest BCUT2D eigenvalue weighted by Gasteiger charge is -2.04. The van der Waals surface area contributed by atoms with Crippen LogP contribution in [0.1, 0.15) is 54.1 Å². The molecule has 2 aliphatic carbocycles. The Balaban J connectivity index is 0.000000139. The predicted molar refractivity (Wildman–Crippen MR) is 137 cm³/mol. The van der Waals surface area contributed by atoms with Gasteiger partial charge in [-0.25, -0.2) is 0 Å². The van der Waals surface area contributed by atoms with E-state index in [1.165, 1.54) is 16.7 Å². The fraction of sp³-hybridized carbons (Fsp3) is 0.133. The van der Waals surface area contributed by atoms with E-state index >= 15 is 0 Å². The van der Waals surface area contributed by atoms with Gasteiger partial charge in [-0.15, -0.1) is 0 Å². The Labute approximate surface area is 202 Å². The van der Waals surface area contributed by atoms with E-state index in [4.69, 9.17) is 0 Å². The van der Waals surface area contributed by atoms with Crippen LogP contribution in [0, 0.1) is 27.7 Å². The zero-order valence-corrected chi connectivity index (χ0v) is 20.6. The first-order chi connectivity index (χ1) is 15.7. The van der Waals surface area contributed by atoms with Gasteiger partial charge in [-0.2, -0.15) is 0 Å². The van der Waals surface area contributed by atoms with Gasteiger partial charge in [-0.3, -0.25) is 9.59 Å². The molecule has 0 saturated carbocycles. The maximum absolute atomic E-state index is 12.3. The van der Waals surface area contributed by atoms with Crippen molar-refractivity contribution in [1.29, 1.82) is 0 Å². The van der Waals surface area contributed by atoms with Gasteiger partial charge in [-0.05, 0) is 61.6 Å². The number of hydrogen-bond donors (Lipinski definition) is 0. The lowest BCUT2D eigenvalue weighted by molar-refractivity contribution is 0.103. The molecule has 0 spiro atoms. The zero-order chi connectivity index (χ0) is 23.4. The molecule has 0 amide bonds. The topological polar surface area (TPSA) is 34.1 Å². The molecule has 0 atom stereocenters. The van der Waals surface area contributed by atoms with E-state index in [2.05, 4.69) is 54.0 Å². The Kier molecular flexibility index (Phi) is 5.18. The van der Waals surface area contributed by atoms with Crippen LogP contribution < -0.4 is 0 Å². The second kappa shape index (κ2) is 7.93. The van der Waals surface area contributed by atoms with Crippen molar-refractivity contribution in [2.24, 2.45) is 0 Å². The minimum atomic E-state index is 0.127. The number of fused-ring (bicyclic) bond motifs is 6. The summed E-state index contributed by atoms with van der Waals surface area (Å²) in [6.07, 6.45) is 0. The number of aryl methyl sites for hydroxylation is 4. The first kappa shape index (κ1) is 21.5. The van der Waals surface area contributed by atoms with Crippen LogP contribution in [0.15, 0.2) is 71.2 Å². The summed E-state index contributed by atoms with van der Waals surface area (Å²) >= 11 is 3.50. The molecule has 0 aromatic heterocycles. The second-order valence-corrected chi connectivity index (χ2v) is 9.83. The van der Waals surface area contributed by atoms with Gasteiger partial charge in [-0.1, -0.05) is 93.3 Å². The number of ketones is 2. The number of carbonyl (C=O) groups excluding carboxylic acids is 2. The molecule has 2 nitrogen and oxygen atoms in total. The van der Waals surface area contributed by atoms with Crippen LogP contribution in [0.25, 0.3) is 22.3 Å². The molecule has 0 radical (unpaired) electrons. The molecule has 4 aromatic rings. The lowest BCUT2D eigenvalue weighted by atomic mass is 10.0. The van der Waals surface area contributed by atoms with Crippen LogP contribution in [0.5, 0.6) is 0 Å². The quantitative estimate of drug-likeness (QED) is 0.216. The van der Waals surface area contributed by atoms with Crippen LogP contribution in [0.4, 0.5) is 0 Å². The van der Waals surface area contributed by atoms with Gasteiger partial charge in [0.1, 0.15) is 0 Å². The molecule has 0 fully saturated rings. The maximum Gasteiger partial charge on any atom is 0.195 e. The summed E-state index contributed by atoms with van der Waals surface area (Å²) in [6.45, 7) is 8.20. The summed E-state index contributed by atoms with van der Waals surface area (Å²) in [6, 6.07) is 22.1. The van der Waals surface area contributed by atoms with Crippen molar-refractivity contribution in [3.63, 3.8) is 0 Å². The van der Waals surface area contributed by atoms with Gasteiger partial charge in [0.15, 0.2) is 11.6 Å². The fourth-order valence-electron chi connectivity index (χ4n) is 4.70. The highest BCUT2D eigenvalue weighted by atomic mass is 79.9. The van der Waals surface area contributed by atoms with Crippen LogP contribution in [-0.2, 0) is 0 Å². The van der Waals surface area contributed by atoms with Crippen LogP contribution >= 0.6 is 15.9 Å². The summed E-state index contributed by atoms with van der Waals surface area (Å²) in [5, 5.41) is 0. The summed E-state index contributed by atoms with van der Waals surface area (Å²) in [4.78, 5) is 24.4. The van der Waals surface area contributed by atoms with Crippen LogP contribution in [0.3, 0.4) is 0 Å². The normalized spacial score (nSPS) is 12.5. The van der Waals surface area contributed by atoms with Gasteiger partial charge in [0.2, 0.25) is 0 Å². The van der Waals surface area contributed by atoms with E-state index in [1.54, 1.807) is 0 Å². The average Bonchev–Trinajstić information content (AvgIpc) is 3.19. The van der Waals surface area contributed by atoms with Crippen molar-refractivity contribution >= 4 is 27.5 Å². The van der Waals surface area contributed by atoms with E-state index in [0.29, 0.717) is 0 Å². The van der Waals surface area contributed by atoms with Gasteiger partial charge >= 0.3 is 0 Å². The average molecular weight is 495 g/mol. The SMILES string of the molecule is Cc1ccc2c(c1)-c1cc(C)cc(Br)c1C2=O.Cc1ccc2c(c1)-c1cc(C)ccc1C2=O. The first-order valence-electron chi connectivity index (χ1n) is 11.0. The molecule has 162 valence electrons. The van der Waals surface area contributed by atoms with Gasteiger partial charge in [0, 0.05) is 26.7 Å². The van der Waals surface area contributed by atoms with E-state index in [0.717, 1.165) is 54.5 Å². The van der Waals surface area contributed by atoms with Crippen molar-refractivity contribution < 1.29 is 9.59 Å². The monoisotopic (exact) mass is 494 g/mol. The Bertz CT molecular complexity index is 1440. The first-order valence-corrected chi connectivity index (χ1v) is 11.8. The van der Waals surface area contributed by atoms with Crippen LogP contribution in [-0.4, -0.2) is 11.6 Å². The highest BCUT2D eigenvalue weighted by Gasteiger charge is 2.29. The molecule has 0 bridgehead atoms. The summed E-state index contributed by atoms with van der Waals surface area (Å²) in [5.74, 6) is 0.284. The standard InChI is InChI=1S/C15H11BrO.C15H12O/c1-8-3-4-10-11(5-8)12-6-9(2)7-13(16)14(12)15(10)17;1-9-3-5-11-13(7-9)14-8-10(2)4-6-12(14)15(11)16/h3-7H,1-2H3;3-8H,1-2H3. The van der Waals surface area contributed by atoms with E-state index in [-0.39, 0.29) is 11.6 Å². The molecule has 4 aromatic carbocycles. The van der Waals surface area contributed by atoms with E-state index in [9.17, 15) is 9.59 Å².